The monoisotopic (exact) mass is 309 g/mol. The fourth-order valence-electron chi connectivity index (χ4n) is 2.18. The number of hydrogen-bond acceptors (Lipinski definition) is 3. The van der Waals surface area contributed by atoms with E-state index in [0.717, 1.165) is 18.6 Å². The lowest BCUT2D eigenvalue weighted by Gasteiger charge is -2.29. The number of hydrogen-bond donors (Lipinski definition) is 2. The second-order valence-corrected chi connectivity index (χ2v) is 6.61. The van der Waals surface area contributed by atoms with Crippen molar-refractivity contribution < 1.29 is 9.90 Å². The largest absolute Gasteiger partial charge is 0.396 e. The Labute approximate surface area is 132 Å². The van der Waals surface area contributed by atoms with Crippen molar-refractivity contribution in [2.24, 2.45) is 5.41 Å². The number of thioether (sulfide) groups is 1. The average Bonchev–Trinajstić information content (AvgIpc) is 2.49. The molecule has 0 aromatic heterocycles. The summed E-state index contributed by atoms with van der Waals surface area (Å²) in [5.74, 6) is 1.36. The van der Waals surface area contributed by atoms with E-state index in [9.17, 15) is 9.90 Å². The van der Waals surface area contributed by atoms with E-state index in [1.807, 2.05) is 6.07 Å². The lowest BCUT2D eigenvalue weighted by Crippen LogP contribution is -2.40. The van der Waals surface area contributed by atoms with Crippen molar-refractivity contribution in [3.63, 3.8) is 0 Å². The summed E-state index contributed by atoms with van der Waals surface area (Å²) in [5.41, 5.74) is 2.33. The quantitative estimate of drug-likeness (QED) is 0.737. The number of amides is 1. The van der Waals surface area contributed by atoms with Crippen LogP contribution in [0, 0.1) is 12.3 Å². The number of carbonyl (C=O) groups is 1. The van der Waals surface area contributed by atoms with Crippen LogP contribution in [0.25, 0.3) is 0 Å². The molecule has 1 aromatic carbocycles. The summed E-state index contributed by atoms with van der Waals surface area (Å²) in [4.78, 5) is 11.9. The first-order valence-corrected chi connectivity index (χ1v) is 8.71. The van der Waals surface area contributed by atoms with Crippen molar-refractivity contribution in [2.75, 3.05) is 18.9 Å². The van der Waals surface area contributed by atoms with Crippen LogP contribution in [-0.2, 0) is 10.5 Å². The van der Waals surface area contributed by atoms with Gasteiger partial charge in [-0.1, -0.05) is 43.7 Å². The Morgan fingerprint density at radius 1 is 1.33 bits per heavy atom. The molecule has 1 rings (SSSR count). The smallest absolute Gasteiger partial charge is 0.230 e. The maximum absolute atomic E-state index is 11.9. The SMILES string of the molecule is CCC(CC)(CO)CNC(=O)CSCc1cccc(C)c1. The van der Waals surface area contributed by atoms with Crippen LogP contribution < -0.4 is 5.32 Å². The minimum absolute atomic E-state index is 0.0485. The third kappa shape index (κ3) is 6.10. The van der Waals surface area contributed by atoms with Crippen LogP contribution in [0.4, 0.5) is 0 Å². The van der Waals surface area contributed by atoms with Crippen molar-refractivity contribution in [1.29, 1.82) is 0 Å². The zero-order chi connectivity index (χ0) is 15.7. The van der Waals surface area contributed by atoms with Gasteiger partial charge in [0.15, 0.2) is 0 Å². The summed E-state index contributed by atoms with van der Waals surface area (Å²) in [6.45, 7) is 6.86. The van der Waals surface area contributed by atoms with Crippen LogP contribution >= 0.6 is 11.8 Å². The molecule has 4 heteroatoms. The number of rotatable bonds is 9. The Hall–Kier alpha value is -1.00. The Kier molecular flexibility index (Phi) is 7.83. The van der Waals surface area contributed by atoms with E-state index in [1.54, 1.807) is 11.8 Å². The average molecular weight is 309 g/mol. The molecule has 1 amide bonds. The van der Waals surface area contributed by atoms with Gasteiger partial charge in [0.05, 0.1) is 12.4 Å². The van der Waals surface area contributed by atoms with E-state index in [1.165, 1.54) is 11.1 Å². The zero-order valence-corrected chi connectivity index (χ0v) is 14.1. The van der Waals surface area contributed by atoms with E-state index in [2.05, 4.69) is 44.3 Å². The molecule has 0 heterocycles. The second kappa shape index (κ2) is 9.11. The van der Waals surface area contributed by atoms with E-state index in [4.69, 9.17) is 0 Å². The van der Waals surface area contributed by atoms with Crippen LogP contribution in [0.5, 0.6) is 0 Å². The lowest BCUT2D eigenvalue weighted by molar-refractivity contribution is -0.119. The highest BCUT2D eigenvalue weighted by molar-refractivity contribution is 7.99. The number of nitrogens with one attached hydrogen (secondary N) is 1. The summed E-state index contributed by atoms with van der Waals surface area (Å²) in [5, 5.41) is 12.4. The molecule has 21 heavy (non-hydrogen) atoms. The van der Waals surface area contributed by atoms with Gasteiger partial charge in [-0.15, -0.1) is 11.8 Å². The van der Waals surface area contributed by atoms with E-state index in [-0.39, 0.29) is 17.9 Å². The third-order valence-electron chi connectivity index (χ3n) is 4.08. The molecular weight excluding hydrogens is 282 g/mol. The van der Waals surface area contributed by atoms with Gasteiger partial charge in [0.1, 0.15) is 0 Å². The van der Waals surface area contributed by atoms with Gasteiger partial charge in [-0.05, 0) is 25.3 Å². The molecule has 0 radical (unpaired) electrons. The van der Waals surface area contributed by atoms with Gasteiger partial charge in [-0.2, -0.15) is 0 Å². The Bertz CT molecular complexity index is 436. The minimum atomic E-state index is -0.170. The molecule has 0 aliphatic carbocycles. The van der Waals surface area contributed by atoms with E-state index >= 15 is 0 Å². The van der Waals surface area contributed by atoms with Crippen molar-refractivity contribution in [1.82, 2.24) is 5.32 Å². The number of carbonyl (C=O) groups excluding carboxylic acids is 1. The molecule has 3 nitrogen and oxygen atoms in total. The molecule has 0 spiro atoms. The van der Waals surface area contributed by atoms with Gasteiger partial charge < -0.3 is 10.4 Å². The van der Waals surface area contributed by atoms with Gasteiger partial charge >= 0.3 is 0 Å². The number of aryl methyl sites for hydroxylation is 1. The van der Waals surface area contributed by atoms with Gasteiger partial charge in [-0.3, -0.25) is 4.79 Å². The van der Waals surface area contributed by atoms with Crippen LogP contribution in [-0.4, -0.2) is 29.9 Å². The third-order valence-corrected chi connectivity index (χ3v) is 5.08. The number of aliphatic hydroxyl groups excluding tert-OH is 1. The van der Waals surface area contributed by atoms with Gasteiger partial charge in [0.25, 0.3) is 0 Å². The van der Waals surface area contributed by atoms with Crippen LogP contribution in [0.1, 0.15) is 37.8 Å². The zero-order valence-electron chi connectivity index (χ0n) is 13.3. The topological polar surface area (TPSA) is 49.3 Å². The van der Waals surface area contributed by atoms with Crippen molar-refractivity contribution in [3.05, 3.63) is 35.4 Å². The van der Waals surface area contributed by atoms with Gasteiger partial charge in [0.2, 0.25) is 5.91 Å². The predicted molar refractivity (Wildman–Crippen MR) is 90.5 cm³/mol. The first-order chi connectivity index (χ1) is 10.0. The summed E-state index contributed by atoms with van der Waals surface area (Å²) >= 11 is 1.62. The van der Waals surface area contributed by atoms with Crippen molar-refractivity contribution in [3.8, 4) is 0 Å². The summed E-state index contributed by atoms with van der Waals surface area (Å²) in [6.07, 6.45) is 1.74. The summed E-state index contributed by atoms with van der Waals surface area (Å²) in [7, 11) is 0. The molecule has 0 bridgehead atoms. The molecular formula is C17H27NO2S. The van der Waals surface area contributed by atoms with Crippen LogP contribution in [0.15, 0.2) is 24.3 Å². The minimum Gasteiger partial charge on any atom is -0.396 e. The maximum Gasteiger partial charge on any atom is 0.230 e. The molecule has 0 saturated carbocycles. The Morgan fingerprint density at radius 3 is 2.62 bits per heavy atom. The molecule has 0 unspecified atom stereocenters. The second-order valence-electron chi connectivity index (χ2n) is 5.62. The molecule has 0 saturated heterocycles. The standard InChI is InChI=1S/C17H27NO2S/c1-4-17(5-2,13-19)12-18-16(20)11-21-10-15-8-6-7-14(3)9-15/h6-9,19H,4-5,10-13H2,1-3H3,(H,18,20). The molecule has 2 N–H and O–H groups in total. The summed E-state index contributed by atoms with van der Waals surface area (Å²) < 4.78 is 0. The molecule has 1 aromatic rings. The van der Waals surface area contributed by atoms with Crippen molar-refractivity contribution in [2.45, 2.75) is 39.4 Å². The highest BCUT2D eigenvalue weighted by atomic mass is 32.2. The fraction of sp³-hybridized carbons (Fsp3) is 0.588. The predicted octanol–water partition coefficient (Wildman–Crippen LogP) is 3.14. The van der Waals surface area contributed by atoms with Crippen LogP contribution in [0.2, 0.25) is 0 Å². The molecule has 118 valence electrons. The normalized spacial score (nSPS) is 11.4. The maximum atomic E-state index is 11.9. The fourth-order valence-corrected chi connectivity index (χ4v) is 2.98. The first-order valence-electron chi connectivity index (χ1n) is 7.56. The summed E-state index contributed by atoms with van der Waals surface area (Å²) in [6, 6.07) is 8.35. The highest BCUT2D eigenvalue weighted by Crippen LogP contribution is 2.24. The van der Waals surface area contributed by atoms with E-state index in [0.29, 0.717) is 12.3 Å². The van der Waals surface area contributed by atoms with Crippen LogP contribution in [0.3, 0.4) is 0 Å². The molecule has 0 fully saturated rings. The Balaban J connectivity index is 2.31. The number of benzene rings is 1. The molecule has 0 aliphatic heterocycles. The van der Waals surface area contributed by atoms with Gasteiger partial charge in [-0.25, -0.2) is 0 Å². The van der Waals surface area contributed by atoms with E-state index < -0.39 is 0 Å². The Morgan fingerprint density at radius 2 is 2.05 bits per heavy atom. The lowest BCUT2D eigenvalue weighted by atomic mass is 9.83. The van der Waals surface area contributed by atoms with Gasteiger partial charge in [0, 0.05) is 17.7 Å². The molecule has 0 atom stereocenters. The number of aliphatic hydroxyl groups is 1. The highest BCUT2D eigenvalue weighted by Gasteiger charge is 2.25. The van der Waals surface area contributed by atoms with Crippen molar-refractivity contribution >= 4 is 17.7 Å². The molecule has 0 aliphatic rings. The first kappa shape index (κ1) is 18.1.